The van der Waals surface area contributed by atoms with Gasteiger partial charge in [-0.15, -0.1) is 0 Å². The number of aliphatic hydroxyl groups is 1. The zero-order valence-electron chi connectivity index (χ0n) is 11.1. The summed E-state index contributed by atoms with van der Waals surface area (Å²) in [5.74, 6) is -0.0155. The Balaban J connectivity index is 2.14. The van der Waals surface area contributed by atoms with Crippen LogP contribution in [0.15, 0.2) is 24.3 Å². The van der Waals surface area contributed by atoms with Gasteiger partial charge in [0.15, 0.2) is 0 Å². The highest BCUT2D eigenvalue weighted by Gasteiger charge is 2.25. The van der Waals surface area contributed by atoms with Gasteiger partial charge in [0.05, 0.1) is 24.9 Å². The van der Waals surface area contributed by atoms with Crippen molar-refractivity contribution in [2.45, 2.75) is 13.0 Å². The van der Waals surface area contributed by atoms with Crippen molar-refractivity contribution in [3.63, 3.8) is 0 Å². The first kappa shape index (κ1) is 13.8. The number of hydrogen-bond donors (Lipinski definition) is 2. The molecule has 1 aliphatic heterocycles. The maximum absolute atomic E-state index is 12.5. The number of hydrogen-bond acceptors (Lipinski definition) is 4. The third-order valence-electron chi connectivity index (χ3n) is 3.15. The van der Waals surface area contributed by atoms with Crippen molar-refractivity contribution in [2.75, 3.05) is 38.2 Å². The molecular weight excluding hydrogens is 244 g/mol. The van der Waals surface area contributed by atoms with Crippen molar-refractivity contribution in [1.82, 2.24) is 4.90 Å². The summed E-state index contributed by atoms with van der Waals surface area (Å²) < 4.78 is 5.36. The molecule has 0 aromatic heterocycles. The molecule has 0 saturated carbocycles. The molecule has 1 fully saturated rings. The zero-order chi connectivity index (χ0) is 13.7. The van der Waals surface area contributed by atoms with E-state index < -0.39 is 0 Å². The molecule has 1 aromatic rings. The first-order valence-electron chi connectivity index (χ1n) is 6.61. The number of nitrogens with zero attached hydrogens (tertiary/aromatic N) is 1. The average Bonchev–Trinajstić information content (AvgIpc) is 2.47. The van der Waals surface area contributed by atoms with E-state index in [0.717, 1.165) is 12.2 Å². The van der Waals surface area contributed by atoms with Crippen molar-refractivity contribution < 1.29 is 14.6 Å². The minimum atomic E-state index is -0.274. The molecule has 5 heteroatoms. The van der Waals surface area contributed by atoms with Crippen LogP contribution in [0.5, 0.6) is 0 Å². The molecule has 1 aliphatic rings. The number of carbonyl (C=O) groups excluding carboxylic acids is 1. The summed E-state index contributed by atoms with van der Waals surface area (Å²) in [4.78, 5) is 14.2. The molecule has 1 amide bonds. The fourth-order valence-corrected chi connectivity index (χ4v) is 2.20. The van der Waals surface area contributed by atoms with Crippen molar-refractivity contribution in [3.05, 3.63) is 29.8 Å². The Morgan fingerprint density at radius 3 is 3.05 bits per heavy atom. The Labute approximate surface area is 113 Å². The molecule has 104 valence electrons. The summed E-state index contributed by atoms with van der Waals surface area (Å²) in [7, 11) is 0. The minimum Gasteiger partial charge on any atom is -0.394 e. The van der Waals surface area contributed by atoms with Gasteiger partial charge in [-0.1, -0.05) is 12.1 Å². The summed E-state index contributed by atoms with van der Waals surface area (Å²) >= 11 is 0. The molecular formula is C14H20N2O3. The average molecular weight is 264 g/mol. The van der Waals surface area contributed by atoms with Gasteiger partial charge >= 0.3 is 0 Å². The van der Waals surface area contributed by atoms with Crippen molar-refractivity contribution in [1.29, 1.82) is 0 Å². The summed E-state index contributed by atoms with van der Waals surface area (Å²) in [6.45, 7) is 4.19. The summed E-state index contributed by atoms with van der Waals surface area (Å²) in [5, 5.41) is 12.3. The van der Waals surface area contributed by atoms with E-state index in [9.17, 15) is 4.79 Å². The van der Waals surface area contributed by atoms with Crippen LogP contribution in [-0.2, 0) is 4.74 Å². The van der Waals surface area contributed by atoms with Crippen LogP contribution in [0, 0.1) is 0 Å². The molecule has 0 aliphatic carbocycles. The fraction of sp³-hybridized carbons (Fsp3) is 0.500. The molecule has 5 nitrogen and oxygen atoms in total. The lowest BCUT2D eigenvalue weighted by Gasteiger charge is -2.32. The van der Waals surface area contributed by atoms with Gasteiger partial charge in [0.2, 0.25) is 0 Å². The van der Waals surface area contributed by atoms with E-state index >= 15 is 0 Å². The molecule has 2 rings (SSSR count). The van der Waals surface area contributed by atoms with E-state index in [1.54, 1.807) is 4.90 Å². The number of rotatable bonds is 4. The summed E-state index contributed by atoms with van der Waals surface area (Å²) in [5.41, 5.74) is 1.52. The summed E-state index contributed by atoms with van der Waals surface area (Å²) in [6, 6.07) is 7.49. The second kappa shape index (κ2) is 6.54. The molecule has 2 N–H and O–H groups in total. The number of carbonyl (C=O) groups is 1. The van der Waals surface area contributed by atoms with E-state index in [-0.39, 0.29) is 18.6 Å². The first-order valence-corrected chi connectivity index (χ1v) is 6.61. The van der Waals surface area contributed by atoms with Crippen molar-refractivity contribution in [3.8, 4) is 0 Å². The topological polar surface area (TPSA) is 61.8 Å². The predicted octanol–water partition coefficient (Wildman–Crippen LogP) is 0.952. The number of morpholine rings is 1. The van der Waals surface area contributed by atoms with Crippen molar-refractivity contribution >= 4 is 11.6 Å². The highest BCUT2D eigenvalue weighted by Crippen LogP contribution is 2.18. The van der Waals surface area contributed by atoms with Crippen LogP contribution >= 0.6 is 0 Å². The number of nitrogens with one attached hydrogen (secondary N) is 1. The van der Waals surface area contributed by atoms with Gasteiger partial charge in [-0.3, -0.25) is 4.79 Å². The van der Waals surface area contributed by atoms with Gasteiger partial charge in [-0.2, -0.15) is 0 Å². The summed E-state index contributed by atoms with van der Waals surface area (Å²) in [6.07, 6.45) is -0.274. The van der Waals surface area contributed by atoms with Gasteiger partial charge < -0.3 is 20.1 Å². The van der Waals surface area contributed by atoms with E-state index in [0.29, 0.717) is 25.3 Å². The highest BCUT2D eigenvalue weighted by atomic mass is 16.5. The molecule has 0 spiro atoms. The van der Waals surface area contributed by atoms with Crippen LogP contribution in [0.4, 0.5) is 5.69 Å². The SMILES string of the molecule is CCNc1ccccc1C(=O)N1CCOC(CO)C1. The van der Waals surface area contributed by atoms with Gasteiger partial charge in [-0.05, 0) is 19.1 Å². The van der Waals surface area contributed by atoms with Crippen LogP contribution in [0.25, 0.3) is 0 Å². The number of para-hydroxylation sites is 1. The Bertz CT molecular complexity index is 436. The molecule has 0 radical (unpaired) electrons. The molecule has 1 aromatic carbocycles. The second-order valence-electron chi connectivity index (χ2n) is 4.50. The monoisotopic (exact) mass is 264 g/mol. The quantitative estimate of drug-likeness (QED) is 0.850. The van der Waals surface area contributed by atoms with E-state index in [4.69, 9.17) is 9.84 Å². The molecule has 1 atom stereocenters. The van der Waals surface area contributed by atoms with Crippen LogP contribution in [-0.4, -0.2) is 54.9 Å². The Morgan fingerprint density at radius 2 is 2.32 bits per heavy atom. The third-order valence-corrected chi connectivity index (χ3v) is 3.15. The number of amides is 1. The maximum Gasteiger partial charge on any atom is 0.256 e. The van der Waals surface area contributed by atoms with Gasteiger partial charge in [0.1, 0.15) is 0 Å². The lowest BCUT2D eigenvalue weighted by atomic mass is 10.1. The van der Waals surface area contributed by atoms with Gasteiger partial charge in [-0.25, -0.2) is 0 Å². The smallest absolute Gasteiger partial charge is 0.256 e. The molecule has 1 unspecified atom stereocenters. The standard InChI is InChI=1S/C14H20N2O3/c1-2-15-13-6-4-3-5-12(13)14(18)16-7-8-19-11(9-16)10-17/h3-6,11,15,17H,2,7-10H2,1H3. The van der Waals surface area contributed by atoms with Crippen LogP contribution in [0.1, 0.15) is 17.3 Å². The maximum atomic E-state index is 12.5. The van der Waals surface area contributed by atoms with Crippen molar-refractivity contribution in [2.24, 2.45) is 0 Å². The largest absolute Gasteiger partial charge is 0.394 e. The lowest BCUT2D eigenvalue weighted by Crippen LogP contribution is -2.47. The fourth-order valence-electron chi connectivity index (χ4n) is 2.20. The second-order valence-corrected chi connectivity index (χ2v) is 4.50. The van der Waals surface area contributed by atoms with Gasteiger partial charge in [0, 0.05) is 25.3 Å². The Morgan fingerprint density at radius 1 is 1.53 bits per heavy atom. The molecule has 1 heterocycles. The van der Waals surface area contributed by atoms with Gasteiger partial charge in [0.25, 0.3) is 5.91 Å². The number of benzene rings is 1. The molecule has 0 bridgehead atoms. The number of aliphatic hydroxyl groups excluding tert-OH is 1. The third kappa shape index (κ3) is 3.24. The zero-order valence-corrected chi connectivity index (χ0v) is 11.1. The number of anilines is 1. The van der Waals surface area contributed by atoms with E-state index in [1.807, 2.05) is 31.2 Å². The number of ether oxygens (including phenoxy) is 1. The van der Waals surface area contributed by atoms with Crippen LogP contribution in [0.3, 0.4) is 0 Å². The predicted molar refractivity (Wildman–Crippen MR) is 73.3 cm³/mol. The van der Waals surface area contributed by atoms with Crippen LogP contribution in [0.2, 0.25) is 0 Å². The molecule has 1 saturated heterocycles. The normalized spacial score (nSPS) is 19.3. The lowest BCUT2D eigenvalue weighted by molar-refractivity contribution is -0.0447. The van der Waals surface area contributed by atoms with E-state index in [1.165, 1.54) is 0 Å². The first-order chi connectivity index (χ1) is 9.26. The molecule has 19 heavy (non-hydrogen) atoms. The Kier molecular flexibility index (Phi) is 4.76. The highest BCUT2D eigenvalue weighted by molar-refractivity contribution is 5.99. The Hall–Kier alpha value is -1.59. The minimum absolute atomic E-state index is 0.0155. The van der Waals surface area contributed by atoms with E-state index in [2.05, 4.69) is 5.32 Å². The van der Waals surface area contributed by atoms with Crippen LogP contribution < -0.4 is 5.32 Å².